The van der Waals surface area contributed by atoms with E-state index >= 15 is 0 Å². The summed E-state index contributed by atoms with van der Waals surface area (Å²) in [5.41, 5.74) is -0.820. The minimum atomic E-state index is -4.52. The number of alkyl halides is 3. The molecule has 2 rings (SSSR count). The molecule has 0 amide bonds. The topological polar surface area (TPSA) is 26.0 Å². The fourth-order valence-corrected chi connectivity index (χ4v) is 1.58. The Morgan fingerprint density at radius 3 is 2.47 bits per heavy atom. The van der Waals surface area contributed by atoms with Gasteiger partial charge in [0.1, 0.15) is 5.52 Å². The predicted molar refractivity (Wildman–Crippen MR) is 49.0 cm³/mol. The Labute approximate surface area is 91.6 Å². The van der Waals surface area contributed by atoms with Crippen LogP contribution >= 0.6 is 23.2 Å². The molecule has 0 fully saturated rings. The molecule has 0 saturated carbocycles. The molecule has 80 valence electrons. The fraction of sp³-hybridized carbons (Fsp3) is 0.125. The summed E-state index contributed by atoms with van der Waals surface area (Å²) in [7, 11) is 0. The Balaban J connectivity index is 2.72. The van der Waals surface area contributed by atoms with Crippen molar-refractivity contribution in [3.8, 4) is 0 Å². The molecule has 2 aromatic rings. The van der Waals surface area contributed by atoms with E-state index in [1.165, 1.54) is 0 Å². The van der Waals surface area contributed by atoms with Gasteiger partial charge in [0.15, 0.2) is 5.58 Å². The van der Waals surface area contributed by atoms with Crippen molar-refractivity contribution in [3.63, 3.8) is 0 Å². The van der Waals surface area contributed by atoms with E-state index in [9.17, 15) is 13.2 Å². The summed E-state index contributed by atoms with van der Waals surface area (Å²) in [6.07, 6.45) is -4.52. The average molecular weight is 256 g/mol. The van der Waals surface area contributed by atoms with Gasteiger partial charge >= 0.3 is 6.18 Å². The molecule has 1 aromatic heterocycles. The van der Waals surface area contributed by atoms with Crippen LogP contribution in [0.5, 0.6) is 0 Å². The predicted octanol–water partition coefficient (Wildman–Crippen LogP) is 4.15. The van der Waals surface area contributed by atoms with Crippen molar-refractivity contribution < 1.29 is 17.6 Å². The number of nitrogens with zero attached hydrogens (tertiary/aromatic N) is 1. The van der Waals surface area contributed by atoms with Crippen LogP contribution in [0.3, 0.4) is 0 Å². The van der Waals surface area contributed by atoms with E-state index in [0.29, 0.717) is 0 Å². The van der Waals surface area contributed by atoms with Crippen molar-refractivity contribution in [2.75, 3.05) is 0 Å². The van der Waals surface area contributed by atoms with Crippen molar-refractivity contribution in [1.82, 2.24) is 4.98 Å². The van der Waals surface area contributed by atoms with Crippen LogP contribution < -0.4 is 0 Å². The molecule has 0 spiro atoms. The van der Waals surface area contributed by atoms with Crippen molar-refractivity contribution >= 4 is 34.3 Å². The van der Waals surface area contributed by atoms with E-state index in [4.69, 9.17) is 27.6 Å². The lowest BCUT2D eigenvalue weighted by molar-refractivity contribution is -0.137. The quantitative estimate of drug-likeness (QED) is 0.707. The van der Waals surface area contributed by atoms with Gasteiger partial charge in [-0.05, 0) is 23.7 Å². The van der Waals surface area contributed by atoms with Gasteiger partial charge in [0.25, 0.3) is 5.35 Å². The molecule has 0 saturated heterocycles. The Bertz CT molecular complexity index is 520. The number of aromatic nitrogens is 1. The zero-order chi connectivity index (χ0) is 11.2. The third-order valence-corrected chi connectivity index (χ3v) is 2.23. The van der Waals surface area contributed by atoms with E-state index < -0.39 is 16.8 Å². The summed E-state index contributed by atoms with van der Waals surface area (Å²) in [4.78, 5) is 3.64. The second-order valence-corrected chi connectivity index (χ2v) is 3.49. The first-order valence-electron chi connectivity index (χ1n) is 3.71. The van der Waals surface area contributed by atoms with E-state index in [1.807, 2.05) is 0 Å². The number of rotatable bonds is 0. The molecule has 1 heterocycles. The highest BCUT2D eigenvalue weighted by Crippen LogP contribution is 2.37. The molecule has 0 unspecified atom stereocenters. The van der Waals surface area contributed by atoms with Gasteiger partial charge in [-0.15, -0.1) is 0 Å². The molecule has 7 heteroatoms. The molecule has 0 N–H and O–H groups in total. The Kier molecular flexibility index (Phi) is 2.31. The normalized spacial score (nSPS) is 12.3. The molecular formula is C8H2Cl2F3NO. The van der Waals surface area contributed by atoms with Gasteiger partial charge in [-0.1, -0.05) is 11.6 Å². The van der Waals surface area contributed by atoms with Crippen LogP contribution in [0, 0.1) is 0 Å². The molecule has 15 heavy (non-hydrogen) atoms. The SMILES string of the molecule is FC(F)(F)c1cc2oc(Cl)nc2cc1Cl. The highest BCUT2D eigenvalue weighted by molar-refractivity contribution is 6.32. The van der Waals surface area contributed by atoms with Crippen LogP contribution in [0.2, 0.25) is 10.4 Å². The number of benzene rings is 1. The maximum absolute atomic E-state index is 12.4. The first kappa shape index (κ1) is 10.6. The van der Waals surface area contributed by atoms with E-state index in [2.05, 4.69) is 4.98 Å². The summed E-state index contributed by atoms with van der Waals surface area (Å²) in [5, 5.41) is -0.652. The molecule has 0 atom stereocenters. The van der Waals surface area contributed by atoms with Gasteiger partial charge in [0.05, 0.1) is 10.6 Å². The third kappa shape index (κ3) is 1.89. The van der Waals surface area contributed by atoms with Crippen molar-refractivity contribution in [2.45, 2.75) is 6.18 Å². The van der Waals surface area contributed by atoms with Gasteiger partial charge < -0.3 is 4.42 Å². The van der Waals surface area contributed by atoms with Crippen molar-refractivity contribution in [2.24, 2.45) is 0 Å². The molecule has 0 aliphatic heterocycles. The highest BCUT2D eigenvalue weighted by atomic mass is 35.5. The summed E-state index contributed by atoms with van der Waals surface area (Å²) < 4.78 is 42.0. The second-order valence-electron chi connectivity index (χ2n) is 2.76. The maximum Gasteiger partial charge on any atom is 0.417 e. The van der Waals surface area contributed by atoms with Crippen molar-refractivity contribution in [3.05, 3.63) is 28.1 Å². The second kappa shape index (κ2) is 3.28. The van der Waals surface area contributed by atoms with Crippen LogP contribution in [-0.4, -0.2) is 4.98 Å². The zero-order valence-corrected chi connectivity index (χ0v) is 8.41. The molecule has 0 aliphatic carbocycles. The third-order valence-electron chi connectivity index (χ3n) is 1.76. The maximum atomic E-state index is 12.4. The number of halogens is 5. The number of fused-ring (bicyclic) bond motifs is 1. The molecule has 2 nitrogen and oxygen atoms in total. The molecule has 1 aromatic carbocycles. The number of hydrogen-bond acceptors (Lipinski definition) is 2. The Morgan fingerprint density at radius 2 is 1.87 bits per heavy atom. The van der Waals surface area contributed by atoms with Gasteiger partial charge in [-0.3, -0.25) is 0 Å². The standard InChI is InChI=1S/C8H2Cl2F3NO/c9-4-2-5-6(15-7(10)14-5)1-3(4)8(11,12)13/h1-2H. The first-order valence-corrected chi connectivity index (χ1v) is 4.46. The molecule has 0 bridgehead atoms. The average Bonchev–Trinajstić information content (AvgIpc) is 2.40. The summed E-state index contributed by atoms with van der Waals surface area (Å²) in [6.45, 7) is 0. The monoisotopic (exact) mass is 255 g/mol. The Hall–Kier alpha value is -0.940. The van der Waals surface area contributed by atoms with Gasteiger partial charge in [-0.25, -0.2) is 0 Å². The fourth-order valence-electron chi connectivity index (χ4n) is 1.14. The van der Waals surface area contributed by atoms with Crippen LogP contribution in [0.15, 0.2) is 16.5 Å². The van der Waals surface area contributed by atoms with Gasteiger partial charge in [0, 0.05) is 0 Å². The minimum Gasteiger partial charge on any atom is -0.428 e. The lowest BCUT2D eigenvalue weighted by atomic mass is 10.2. The molecular weight excluding hydrogens is 254 g/mol. The van der Waals surface area contributed by atoms with E-state index in [0.717, 1.165) is 12.1 Å². The van der Waals surface area contributed by atoms with E-state index in [-0.39, 0.29) is 16.4 Å². The first-order chi connectivity index (χ1) is 6.88. The van der Waals surface area contributed by atoms with Crippen LogP contribution in [0.4, 0.5) is 13.2 Å². The smallest absolute Gasteiger partial charge is 0.417 e. The lowest BCUT2D eigenvalue weighted by Crippen LogP contribution is -2.05. The highest BCUT2D eigenvalue weighted by Gasteiger charge is 2.34. The summed E-state index contributed by atoms with van der Waals surface area (Å²) >= 11 is 10.9. The number of hydrogen-bond donors (Lipinski definition) is 0. The van der Waals surface area contributed by atoms with Crippen molar-refractivity contribution in [1.29, 1.82) is 0 Å². The van der Waals surface area contributed by atoms with Gasteiger partial charge in [0.2, 0.25) is 0 Å². The Morgan fingerprint density at radius 1 is 1.20 bits per heavy atom. The van der Waals surface area contributed by atoms with Crippen LogP contribution in [0.1, 0.15) is 5.56 Å². The van der Waals surface area contributed by atoms with E-state index in [1.54, 1.807) is 0 Å². The molecule has 0 radical (unpaired) electrons. The number of oxazole rings is 1. The van der Waals surface area contributed by atoms with Crippen LogP contribution in [-0.2, 0) is 6.18 Å². The van der Waals surface area contributed by atoms with Gasteiger partial charge in [-0.2, -0.15) is 18.2 Å². The largest absolute Gasteiger partial charge is 0.428 e. The lowest BCUT2D eigenvalue weighted by Gasteiger charge is -2.07. The summed E-state index contributed by atoms with van der Waals surface area (Å²) in [6, 6.07) is 1.84. The van der Waals surface area contributed by atoms with Crippen LogP contribution in [0.25, 0.3) is 11.1 Å². The zero-order valence-electron chi connectivity index (χ0n) is 6.90. The minimum absolute atomic E-state index is 0.0447. The molecule has 0 aliphatic rings. The summed E-state index contributed by atoms with van der Waals surface area (Å²) in [5.74, 6) is 0.